The fourth-order valence-electron chi connectivity index (χ4n) is 6.28. The van der Waals surface area contributed by atoms with E-state index in [1.807, 2.05) is 0 Å². The predicted octanol–water partition coefficient (Wildman–Crippen LogP) is 0.902. The maximum absolute atomic E-state index is 13.8. The highest BCUT2D eigenvalue weighted by Crippen LogP contribution is 2.54. The number of hydrogen-bond acceptors (Lipinski definition) is 9. The number of phenols is 1. The number of likely N-dealkylation sites (N-methyl/N-ethyl adjacent to an activating group) is 1. The molecule has 0 spiro atoms. The largest absolute Gasteiger partial charge is 0.508 e. The topological polar surface area (TPSA) is 173 Å². The number of aromatic hydroxyl groups is 1. The molecule has 6 atom stereocenters. The number of amides is 1. The van der Waals surface area contributed by atoms with Crippen molar-refractivity contribution in [1.29, 1.82) is 0 Å². The second-order valence-electron chi connectivity index (χ2n) is 12.1. The summed E-state index contributed by atoms with van der Waals surface area (Å²) in [5.41, 5.74) is 3.34. The molecule has 1 aromatic rings. The molecule has 7 N–H and O–H groups in total. The van der Waals surface area contributed by atoms with Gasteiger partial charge >= 0.3 is 0 Å². The zero-order valence-electron chi connectivity index (χ0n) is 22.6. The van der Waals surface area contributed by atoms with E-state index in [1.165, 1.54) is 4.90 Å². The molecule has 0 heterocycles. The number of hydrogen-bond donors (Lipinski definition) is 6. The third-order valence-corrected chi connectivity index (χ3v) is 8.04. The Labute approximate surface area is 221 Å². The molecule has 3 aliphatic rings. The number of carbonyl (C=O) groups excluding carboxylic acids is 3. The lowest BCUT2D eigenvalue weighted by Gasteiger charge is -2.52. The molecule has 38 heavy (non-hydrogen) atoms. The monoisotopic (exact) mass is 527 g/mol. The van der Waals surface area contributed by atoms with Gasteiger partial charge in [-0.1, -0.05) is 39.8 Å². The quantitative estimate of drug-likeness (QED) is 0.304. The molecule has 2 unspecified atom stereocenters. The molecule has 3 aliphatic carbocycles. The van der Waals surface area contributed by atoms with Crippen LogP contribution in [-0.4, -0.2) is 81.2 Å². The Balaban J connectivity index is 1.87. The van der Waals surface area contributed by atoms with Crippen molar-refractivity contribution in [1.82, 2.24) is 10.2 Å². The average Bonchev–Trinajstić information content (AvgIpc) is 2.78. The van der Waals surface area contributed by atoms with Crippen molar-refractivity contribution in [3.63, 3.8) is 0 Å². The summed E-state index contributed by atoms with van der Waals surface area (Å²) in [5, 5.41) is 48.7. The summed E-state index contributed by atoms with van der Waals surface area (Å²) in [6.07, 6.45) is -0.322. The van der Waals surface area contributed by atoms with E-state index in [2.05, 4.69) is 26.1 Å². The highest BCUT2D eigenvalue weighted by Gasteiger charge is 2.62. The van der Waals surface area contributed by atoms with Crippen LogP contribution in [0.2, 0.25) is 0 Å². The molecule has 206 valence electrons. The lowest BCUT2D eigenvalue weighted by Crippen LogP contribution is -2.66. The molecule has 10 nitrogen and oxygen atoms in total. The molecule has 0 aliphatic heterocycles. The third kappa shape index (κ3) is 4.16. The molecule has 0 saturated heterocycles. The van der Waals surface area contributed by atoms with Gasteiger partial charge in [0.15, 0.2) is 11.6 Å². The van der Waals surface area contributed by atoms with Gasteiger partial charge in [-0.2, -0.15) is 0 Å². The van der Waals surface area contributed by atoms with Crippen molar-refractivity contribution in [2.75, 3.05) is 20.6 Å². The summed E-state index contributed by atoms with van der Waals surface area (Å²) in [6, 6.07) is 2.31. The molecule has 1 amide bonds. The van der Waals surface area contributed by atoms with Gasteiger partial charge in [-0.05, 0) is 37.1 Å². The summed E-state index contributed by atoms with van der Waals surface area (Å²) >= 11 is 0. The molecule has 0 saturated carbocycles. The van der Waals surface area contributed by atoms with Gasteiger partial charge in [0.25, 0.3) is 5.91 Å². The number of Topliss-reactive ketones (excluding diaryl/α,β-unsaturated/α-hetero) is 2. The predicted molar refractivity (Wildman–Crippen MR) is 139 cm³/mol. The lowest BCUT2D eigenvalue weighted by molar-refractivity contribution is -0.143. The van der Waals surface area contributed by atoms with Crippen LogP contribution in [0.1, 0.15) is 55.1 Å². The normalized spacial score (nSPS) is 31.1. The average molecular weight is 528 g/mol. The van der Waals surface area contributed by atoms with Crippen molar-refractivity contribution >= 4 is 17.5 Å². The molecule has 1 aromatic carbocycles. The standard InChI is InChI=1S/C28H37N3O7/c1-12-14-8-7-13(10-30-11-27(2,3)4)21(32)17(14)22(33)15-9-28(38)19(23(34)16(12)15)20(31(5)6)24(35)18(25(28)36)26(29)37/h7-9,12,16,19-20,23,30,32,34,36,38H,10-11H2,1-6H3,(H2,29,37)/t12-,16?,19?,20-,23-,28+/m0/s1. The summed E-state index contributed by atoms with van der Waals surface area (Å²) < 4.78 is 0. The van der Waals surface area contributed by atoms with Gasteiger partial charge in [0.1, 0.15) is 22.7 Å². The number of aliphatic hydroxyl groups is 3. The number of nitrogens with one attached hydrogen (secondary N) is 1. The molecule has 0 bridgehead atoms. The van der Waals surface area contributed by atoms with Crippen LogP contribution in [0.4, 0.5) is 0 Å². The number of nitrogens with zero attached hydrogens (tertiary/aromatic N) is 1. The van der Waals surface area contributed by atoms with Crippen molar-refractivity contribution in [3.8, 4) is 5.75 Å². The first-order chi connectivity index (χ1) is 17.5. The Morgan fingerprint density at radius 2 is 1.82 bits per heavy atom. The van der Waals surface area contributed by atoms with Crippen LogP contribution in [-0.2, 0) is 16.1 Å². The van der Waals surface area contributed by atoms with E-state index < -0.39 is 64.3 Å². The number of carbonyl (C=O) groups is 3. The van der Waals surface area contributed by atoms with E-state index in [4.69, 9.17) is 5.73 Å². The Kier molecular flexibility index (Phi) is 6.85. The van der Waals surface area contributed by atoms with E-state index in [9.17, 15) is 34.8 Å². The van der Waals surface area contributed by atoms with Crippen LogP contribution < -0.4 is 11.1 Å². The van der Waals surface area contributed by atoms with Gasteiger partial charge in [0.05, 0.1) is 17.7 Å². The van der Waals surface area contributed by atoms with Crippen LogP contribution in [0, 0.1) is 17.3 Å². The Morgan fingerprint density at radius 1 is 1.18 bits per heavy atom. The van der Waals surface area contributed by atoms with Gasteiger partial charge in [0, 0.05) is 36.1 Å². The summed E-state index contributed by atoms with van der Waals surface area (Å²) in [4.78, 5) is 40.6. The maximum Gasteiger partial charge on any atom is 0.255 e. The number of ketones is 2. The van der Waals surface area contributed by atoms with Crippen LogP contribution in [0.5, 0.6) is 5.75 Å². The van der Waals surface area contributed by atoms with Crippen molar-refractivity contribution in [2.45, 2.75) is 57.9 Å². The van der Waals surface area contributed by atoms with E-state index in [0.29, 0.717) is 24.2 Å². The van der Waals surface area contributed by atoms with Gasteiger partial charge in [0.2, 0.25) is 0 Å². The first-order valence-electron chi connectivity index (χ1n) is 12.7. The van der Waals surface area contributed by atoms with Crippen molar-refractivity contribution < 1.29 is 34.8 Å². The van der Waals surface area contributed by atoms with E-state index >= 15 is 0 Å². The van der Waals surface area contributed by atoms with Crippen LogP contribution in [0.25, 0.3) is 0 Å². The zero-order valence-corrected chi connectivity index (χ0v) is 22.6. The smallest absolute Gasteiger partial charge is 0.255 e. The number of phenolic OH excluding ortho intramolecular Hbond substituents is 1. The highest BCUT2D eigenvalue weighted by molar-refractivity contribution is 6.22. The van der Waals surface area contributed by atoms with Crippen LogP contribution in [0.15, 0.2) is 35.1 Å². The molecule has 10 heteroatoms. The molecular formula is C28H37N3O7. The van der Waals surface area contributed by atoms with E-state index in [1.54, 1.807) is 33.2 Å². The number of primary amides is 1. The SMILES string of the molecule is C[C@H]1c2ccc(CNCC(C)(C)C)c(O)c2C(=O)C2=C[C@]3(O)C(O)=C(C(N)=O)C(=O)[C@@H](N(C)C)C3[C@@H](O)C21. The minimum Gasteiger partial charge on any atom is -0.508 e. The lowest BCUT2D eigenvalue weighted by atomic mass is 9.56. The van der Waals surface area contributed by atoms with Gasteiger partial charge in [-0.15, -0.1) is 0 Å². The van der Waals surface area contributed by atoms with Gasteiger partial charge in [-0.25, -0.2) is 0 Å². The summed E-state index contributed by atoms with van der Waals surface area (Å²) in [7, 11) is 3.10. The van der Waals surface area contributed by atoms with Crippen molar-refractivity contribution in [3.05, 3.63) is 51.8 Å². The molecule has 4 rings (SSSR count). The molecule has 0 radical (unpaired) electrons. The number of rotatable bonds is 5. The first-order valence-corrected chi connectivity index (χ1v) is 12.7. The molecular weight excluding hydrogens is 490 g/mol. The number of benzene rings is 1. The van der Waals surface area contributed by atoms with Gasteiger partial charge in [-0.3, -0.25) is 19.3 Å². The minimum absolute atomic E-state index is 0.00595. The second kappa shape index (κ2) is 9.30. The summed E-state index contributed by atoms with van der Waals surface area (Å²) in [6.45, 7) is 9.03. The summed E-state index contributed by atoms with van der Waals surface area (Å²) in [5.74, 6) is -6.40. The molecule has 0 fully saturated rings. The molecule has 0 aromatic heterocycles. The first kappa shape index (κ1) is 28.0. The van der Waals surface area contributed by atoms with Gasteiger partial charge < -0.3 is 31.5 Å². The maximum atomic E-state index is 13.8. The van der Waals surface area contributed by atoms with E-state index in [0.717, 1.165) is 6.08 Å². The fraction of sp³-hybridized carbons (Fsp3) is 0.536. The third-order valence-electron chi connectivity index (χ3n) is 8.04. The number of aliphatic hydroxyl groups excluding tert-OH is 2. The zero-order chi connectivity index (χ0) is 28.5. The van der Waals surface area contributed by atoms with Crippen LogP contribution >= 0.6 is 0 Å². The number of nitrogens with two attached hydrogens (primary N) is 1. The highest BCUT2D eigenvalue weighted by atomic mass is 16.3. The Morgan fingerprint density at radius 3 is 2.37 bits per heavy atom. The number of fused-ring (bicyclic) bond motifs is 3. The van der Waals surface area contributed by atoms with Crippen molar-refractivity contribution in [2.24, 2.45) is 23.0 Å². The van der Waals surface area contributed by atoms with E-state index in [-0.39, 0.29) is 22.3 Å². The Hall–Kier alpha value is -3.05. The van der Waals surface area contributed by atoms with Crippen LogP contribution in [0.3, 0.4) is 0 Å². The second-order valence-corrected chi connectivity index (χ2v) is 12.1. The Bertz CT molecular complexity index is 1280. The fourth-order valence-corrected chi connectivity index (χ4v) is 6.28. The minimum atomic E-state index is -2.41.